The predicted octanol–water partition coefficient (Wildman–Crippen LogP) is 2.45. The van der Waals surface area contributed by atoms with Crippen LogP contribution in [0, 0.1) is 6.92 Å². The summed E-state index contributed by atoms with van der Waals surface area (Å²) < 4.78 is 7.58. The number of aromatic nitrogens is 2. The van der Waals surface area contributed by atoms with Gasteiger partial charge >= 0.3 is 0 Å². The molecule has 2 aromatic rings. The normalized spacial score (nSPS) is 10.6. The van der Waals surface area contributed by atoms with E-state index in [0.29, 0.717) is 12.3 Å². The van der Waals surface area contributed by atoms with Crippen molar-refractivity contribution in [2.75, 3.05) is 5.73 Å². The van der Waals surface area contributed by atoms with Gasteiger partial charge in [0.15, 0.2) is 0 Å². The van der Waals surface area contributed by atoms with E-state index in [1.165, 1.54) is 0 Å². The topological polar surface area (TPSA) is 53.1 Å². The van der Waals surface area contributed by atoms with E-state index in [2.05, 4.69) is 18.1 Å². The van der Waals surface area contributed by atoms with Crippen LogP contribution in [0.3, 0.4) is 0 Å². The van der Waals surface area contributed by atoms with Gasteiger partial charge in [-0.15, -0.1) is 0 Å². The molecule has 2 N–H and O–H groups in total. The Morgan fingerprint density at radius 2 is 2.11 bits per heavy atom. The molecule has 4 nitrogen and oxygen atoms in total. The third kappa shape index (κ3) is 2.64. The molecule has 0 saturated carbocycles. The standard InChI is InChI=1S/C14H19N3O/c1-4-11-8-12(17(3)16-11)9-18-14-6-5-10(2)7-13(14)15/h5-8H,4,9,15H2,1-3H3. The third-order valence-corrected chi connectivity index (χ3v) is 2.93. The molecule has 0 amide bonds. The molecule has 0 radical (unpaired) electrons. The zero-order chi connectivity index (χ0) is 13.1. The van der Waals surface area contributed by atoms with Crippen LogP contribution in [0.15, 0.2) is 24.3 Å². The molecule has 0 fully saturated rings. The van der Waals surface area contributed by atoms with Crippen molar-refractivity contribution in [1.29, 1.82) is 0 Å². The van der Waals surface area contributed by atoms with Crippen molar-refractivity contribution >= 4 is 5.69 Å². The van der Waals surface area contributed by atoms with Crippen LogP contribution in [-0.2, 0) is 20.1 Å². The van der Waals surface area contributed by atoms with E-state index in [1.54, 1.807) is 0 Å². The molecule has 18 heavy (non-hydrogen) atoms. The van der Waals surface area contributed by atoms with Gasteiger partial charge in [-0.25, -0.2) is 0 Å². The number of nitrogens with two attached hydrogens (primary N) is 1. The summed E-state index contributed by atoms with van der Waals surface area (Å²) in [6, 6.07) is 7.87. The lowest BCUT2D eigenvalue weighted by Gasteiger charge is -2.09. The molecule has 2 rings (SSSR count). The smallest absolute Gasteiger partial charge is 0.142 e. The van der Waals surface area contributed by atoms with Crippen LogP contribution >= 0.6 is 0 Å². The largest absolute Gasteiger partial charge is 0.485 e. The Hall–Kier alpha value is -1.97. The van der Waals surface area contributed by atoms with E-state index in [0.717, 1.165) is 29.1 Å². The molecule has 1 heterocycles. The van der Waals surface area contributed by atoms with Crippen LogP contribution in [-0.4, -0.2) is 9.78 Å². The fraction of sp³-hybridized carbons (Fsp3) is 0.357. The summed E-state index contributed by atoms with van der Waals surface area (Å²) >= 11 is 0. The molecule has 0 aliphatic carbocycles. The van der Waals surface area contributed by atoms with Crippen molar-refractivity contribution in [2.24, 2.45) is 7.05 Å². The molecule has 0 saturated heterocycles. The van der Waals surface area contributed by atoms with Gasteiger partial charge in [0.2, 0.25) is 0 Å². The maximum Gasteiger partial charge on any atom is 0.142 e. The molecule has 0 spiro atoms. The van der Waals surface area contributed by atoms with Crippen molar-refractivity contribution in [3.05, 3.63) is 41.2 Å². The molecular formula is C14H19N3O. The zero-order valence-electron chi connectivity index (χ0n) is 11.1. The van der Waals surface area contributed by atoms with Gasteiger partial charge in [-0.05, 0) is 37.1 Å². The number of nitrogens with zero attached hydrogens (tertiary/aromatic N) is 2. The van der Waals surface area contributed by atoms with Crippen molar-refractivity contribution in [3.8, 4) is 5.75 Å². The van der Waals surface area contributed by atoms with E-state index in [9.17, 15) is 0 Å². The maximum atomic E-state index is 5.91. The van der Waals surface area contributed by atoms with Crippen molar-refractivity contribution in [1.82, 2.24) is 9.78 Å². The average Bonchev–Trinajstić information content (AvgIpc) is 2.69. The summed E-state index contributed by atoms with van der Waals surface area (Å²) in [5.74, 6) is 0.722. The van der Waals surface area contributed by atoms with E-state index < -0.39 is 0 Å². The van der Waals surface area contributed by atoms with Gasteiger partial charge in [0.05, 0.1) is 17.1 Å². The van der Waals surface area contributed by atoms with Crippen LogP contribution < -0.4 is 10.5 Å². The number of anilines is 1. The highest BCUT2D eigenvalue weighted by molar-refractivity contribution is 5.54. The Bertz CT molecular complexity index is 546. The van der Waals surface area contributed by atoms with Crippen molar-refractivity contribution in [2.45, 2.75) is 26.9 Å². The van der Waals surface area contributed by atoms with Gasteiger partial charge < -0.3 is 10.5 Å². The molecule has 0 atom stereocenters. The Kier molecular flexibility index (Phi) is 3.55. The monoisotopic (exact) mass is 245 g/mol. The summed E-state index contributed by atoms with van der Waals surface area (Å²) in [6.45, 7) is 4.58. The highest BCUT2D eigenvalue weighted by Gasteiger charge is 2.06. The number of benzene rings is 1. The Morgan fingerprint density at radius 3 is 2.72 bits per heavy atom. The minimum atomic E-state index is 0.483. The molecule has 0 unspecified atom stereocenters. The Balaban J connectivity index is 2.08. The molecule has 96 valence electrons. The van der Waals surface area contributed by atoms with E-state index in [-0.39, 0.29) is 0 Å². The van der Waals surface area contributed by atoms with Gasteiger partial charge in [-0.3, -0.25) is 4.68 Å². The molecule has 1 aromatic carbocycles. The van der Waals surface area contributed by atoms with E-state index in [1.807, 2.05) is 36.9 Å². The van der Waals surface area contributed by atoms with Gasteiger partial charge in [-0.2, -0.15) is 5.10 Å². The SMILES string of the molecule is CCc1cc(COc2ccc(C)cc2N)n(C)n1. The quantitative estimate of drug-likeness (QED) is 0.842. The van der Waals surface area contributed by atoms with E-state index in [4.69, 9.17) is 10.5 Å². The van der Waals surface area contributed by atoms with Gasteiger partial charge in [0.1, 0.15) is 12.4 Å². The van der Waals surface area contributed by atoms with Crippen LogP contribution in [0.4, 0.5) is 5.69 Å². The second kappa shape index (κ2) is 5.12. The maximum absolute atomic E-state index is 5.91. The first-order valence-corrected chi connectivity index (χ1v) is 6.11. The highest BCUT2D eigenvalue weighted by atomic mass is 16.5. The fourth-order valence-corrected chi connectivity index (χ4v) is 1.83. The lowest BCUT2D eigenvalue weighted by molar-refractivity contribution is 0.296. The molecule has 1 aromatic heterocycles. The highest BCUT2D eigenvalue weighted by Crippen LogP contribution is 2.23. The zero-order valence-corrected chi connectivity index (χ0v) is 11.1. The number of aryl methyl sites for hydroxylation is 3. The lowest BCUT2D eigenvalue weighted by atomic mass is 10.2. The van der Waals surface area contributed by atoms with Crippen molar-refractivity contribution in [3.63, 3.8) is 0 Å². The Labute approximate surface area is 107 Å². The minimum absolute atomic E-state index is 0.483. The number of hydrogen-bond acceptors (Lipinski definition) is 3. The second-order valence-corrected chi connectivity index (χ2v) is 4.43. The summed E-state index contributed by atoms with van der Waals surface area (Å²) in [6.07, 6.45) is 0.931. The van der Waals surface area contributed by atoms with E-state index >= 15 is 0 Å². The van der Waals surface area contributed by atoms with Crippen LogP contribution in [0.5, 0.6) is 5.75 Å². The summed E-state index contributed by atoms with van der Waals surface area (Å²) in [5.41, 5.74) is 9.84. The number of hydrogen-bond donors (Lipinski definition) is 1. The summed E-state index contributed by atoms with van der Waals surface area (Å²) in [5, 5.41) is 4.38. The lowest BCUT2D eigenvalue weighted by Crippen LogP contribution is -2.04. The molecule has 0 aliphatic rings. The molecule has 0 bridgehead atoms. The first-order valence-electron chi connectivity index (χ1n) is 6.11. The van der Waals surface area contributed by atoms with Crippen molar-refractivity contribution < 1.29 is 4.74 Å². The first-order chi connectivity index (χ1) is 8.60. The first kappa shape index (κ1) is 12.5. The number of ether oxygens (including phenoxy) is 1. The van der Waals surface area contributed by atoms with Crippen LogP contribution in [0.1, 0.15) is 23.9 Å². The van der Waals surface area contributed by atoms with Gasteiger partial charge in [-0.1, -0.05) is 13.0 Å². The average molecular weight is 245 g/mol. The van der Waals surface area contributed by atoms with Crippen LogP contribution in [0.25, 0.3) is 0 Å². The molecule has 4 heteroatoms. The number of nitrogen functional groups attached to an aromatic ring is 1. The van der Waals surface area contributed by atoms with Crippen LogP contribution in [0.2, 0.25) is 0 Å². The summed E-state index contributed by atoms with van der Waals surface area (Å²) in [7, 11) is 1.93. The third-order valence-electron chi connectivity index (χ3n) is 2.93. The number of rotatable bonds is 4. The fourth-order valence-electron chi connectivity index (χ4n) is 1.83. The van der Waals surface area contributed by atoms with Gasteiger partial charge in [0, 0.05) is 7.05 Å². The minimum Gasteiger partial charge on any atom is -0.485 e. The Morgan fingerprint density at radius 1 is 1.33 bits per heavy atom. The summed E-state index contributed by atoms with van der Waals surface area (Å²) in [4.78, 5) is 0. The predicted molar refractivity (Wildman–Crippen MR) is 72.5 cm³/mol. The second-order valence-electron chi connectivity index (χ2n) is 4.43. The van der Waals surface area contributed by atoms with Gasteiger partial charge in [0.25, 0.3) is 0 Å². The molecule has 0 aliphatic heterocycles. The molecular weight excluding hydrogens is 226 g/mol.